The standard InChI is InChI=1S/C13H26N2O4S/c1-11(2)15(10-12-5-3-7-14-9-12)20(18,19)8-4-6-13(16)17/h11-12,14H,3-10H2,1-2H3,(H,16,17). The van der Waals surface area contributed by atoms with Gasteiger partial charge in [0.2, 0.25) is 10.0 Å². The van der Waals surface area contributed by atoms with Gasteiger partial charge in [-0.2, -0.15) is 4.31 Å². The molecule has 0 radical (unpaired) electrons. The Bertz CT molecular complexity index is 403. The van der Waals surface area contributed by atoms with Crippen LogP contribution in [-0.4, -0.2) is 55.2 Å². The summed E-state index contributed by atoms with van der Waals surface area (Å²) in [4.78, 5) is 10.5. The fourth-order valence-electron chi connectivity index (χ4n) is 2.50. The van der Waals surface area contributed by atoms with E-state index in [-0.39, 0.29) is 24.6 Å². The first-order chi connectivity index (χ1) is 9.33. The van der Waals surface area contributed by atoms with E-state index in [9.17, 15) is 13.2 Å². The lowest BCUT2D eigenvalue weighted by molar-refractivity contribution is -0.137. The number of carboxylic acids is 1. The predicted molar refractivity (Wildman–Crippen MR) is 78.1 cm³/mol. The zero-order valence-electron chi connectivity index (χ0n) is 12.3. The molecule has 1 saturated heterocycles. The molecular weight excluding hydrogens is 280 g/mol. The third-order valence-corrected chi connectivity index (χ3v) is 5.65. The van der Waals surface area contributed by atoms with Crippen molar-refractivity contribution < 1.29 is 18.3 Å². The summed E-state index contributed by atoms with van der Waals surface area (Å²) < 4.78 is 26.2. The minimum Gasteiger partial charge on any atom is -0.481 e. The highest BCUT2D eigenvalue weighted by atomic mass is 32.2. The predicted octanol–water partition coefficient (Wildman–Crippen LogP) is 0.891. The summed E-state index contributed by atoms with van der Waals surface area (Å²) in [5, 5.41) is 11.9. The Labute approximate surface area is 121 Å². The highest BCUT2D eigenvalue weighted by molar-refractivity contribution is 7.89. The van der Waals surface area contributed by atoms with Crippen LogP contribution >= 0.6 is 0 Å². The van der Waals surface area contributed by atoms with E-state index in [1.165, 1.54) is 4.31 Å². The molecule has 1 atom stereocenters. The van der Waals surface area contributed by atoms with Crippen LogP contribution in [0, 0.1) is 5.92 Å². The summed E-state index contributed by atoms with van der Waals surface area (Å²) in [5.74, 6) is -0.689. The number of nitrogens with one attached hydrogen (secondary N) is 1. The van der Waals surface area contributed by atoms with Gasteiger partial charge in [-0.25, -0.2) is 8.42 Å². The number of aliphatic carboxylic acids is 1. The van der Waals surface area contributed by atoms with Gasteiger partial charge in [-0.1, -0.05) is 0 Å². The van der Waals surface area contributed by atoms with E-state index < -0.39 is 16.0 Å². The van der Waals surface area contributed by atoms with Gasteiger partial charge in [0.25, 0.3) is 0 Å². The van der Waals surface area contributed by atoms with Gasteiger partial charge < -0.3 is 10.4 Å². The molecular formula is C13H26N2O4S. The van der Waals surface area contributed by atoms with Gasteiger partial charge in [-0.15, -0.1) is 0 Å². The van der Waals surface area contributed by atoms with E-state index in [1.807, 2.05) is 13.8 Å². The Morgan fingerprint density at radius 1 is 1.45 bits per heavy atom. The SMILES string of the molecule is CC(C)N(CC1CCCNC1)S(=O)(=O)CCCC(=O)O. The van der Waals surface area contributed by atoms with Crippen molar-refractivity contribution in [2.45, 2.75) is 45.6 Å². The van der Waals surface area contributed by atoms with Crippen LogP contribution in [0.4, 0.5) is 0 Å². The van der Waals surface area contributed by atoms with Gasteiger partial charge in [0.15, 0.2) is 0 Å². The molecule has 1 rings (SSSR count). The summed E-state index contributed by atoms with van der Waals surface area (Å²) in [6.45, 7) is 6.12. The van der Waals surface area contributed by atoms with Crippen molar-refractivity contribution in [2.75, 3.05) is 25.4 Å². The minimum atomic E-state index is -3.37. The number of hydrogen-bond donors (Lipinski definition) is 2. The third kappa shape index (κ3) is 5.76. The molecule has 0 aromatic heterocycles. The molecule has 0 aromatic rings. The summed E-state index contributed by atoms with van der Waals surface area (Å²) in [7, 11) is -3.37. The van der Waals surface area contributed by atoms with Crippen LogP contribution in [0.5, 0.6) is 0 Å². The van der Waals surface area contributed by atoms with E-state index >= 15 is 0 Å². The van der Waals surface area contributed by atoms with Crippen LogP contribution in [0.25, 0.3) is 0 Å². The van der Waals surface area contributed by atoms with Crippen LogP contribution in [-0.2, 0) is 14.8 Å². The Balaban J connectivity index is 2.60. The molecule has 0 saturated carbocycles. The Hall–Kier alpha value is -0.660. The van der Waals surface area contributed by atoms with Crippen molar-refractivity contribution >= 4 is 16.0 Å². The lowest BCUT2D eigenvalue weighted by Crippen LogP contribution is -2.45. The van der Waals surface area contributed by atoms with E-state index in [2.05, 4.69) is 5.32 Å². The van der Waals surface area contributed by atoms with Crippen LogP contribution < -0.4 is 5.32 Å². The second-order valence-corrected chi connectivity index (χ2v) is 7.73. The van der Waals surface area contributed by atoms with Crippen LogP contribution in [0.2, 0.25) is 0 Å². The molecule has 6 nitrogen and oxygen atoms in total. The average Bonchev–Trinajstić information content (AvgIpc) is 2.36. The zero-order valence-corrected chi connectivity index (χ0v) is 13.2. The van der Waals surface area contributed by atoms with Crippen LogP contribution in [0.15, 0.2) is 0 Å². The topological polar surface area (TPSA) is 86.7 Å². The minimum absolute atomic E-state index is 0.0857. The highest BCUT2D eigenvalue weighted by Gasteiger charge is 2.28. The van der Waals surface area contributed by atoms with Gasteiger partial charge in [0.1, 0.15) is 0 Å². The molecule has 0 aliphatic carbocycles. The first-order valence-electron chi connectivity index (χ1n) is 7.25. The molecule has 7 heteroatoms. The maximum absolute atomic E-state index is 12.3. The Morgan fingerprint density at radius 2 is 2.15 bits per heavy atom. The summed E-state index contributed by atoms with van der Waals surface area (Å²) in [5.41, 5.74) is 0. The zero-order chi connectivity index (χ0) is 15.2. The van der Waals surface area contributed by atoms with E-state index in [4.69, 9.17) is 5.11 Å². The molecule has 1 fully saturated rings. The molecule has 0 bridgehead atoms. The van der Waals surface area contributed by atoms with E-state index in [0.29, 0.717) is 12.5 Å². The summed E-state index contributed by atoms with van der Waals surface area (Å²) in [6.07, 6.45) is 2.19. The number of nitrogens with zero attached hydrogens (tertiary/aromatic N) is 1. The quantitative estimate of drug-likeness (QED) is 0.695. The molecule has 118 valence electrons. The van der Waals surface area contributed by atoms with Gasteiger partial charge in [-0.3, -0.25) is 4.79 Å². The summed E-state index contributed by atoms with van der Waals surface area (Å²) >= 11 is 0. The lowest BCUT2D eigenvalue weighted by atomic mass is 9.99. The molecule has 1 aliphatic heterocycles. The number of rotatable bonds is 8. The van der Waals surface area contributed by atoms with Crippen molar-refractivity contribution in [3.05, 3.63) is 0 Å². The highest BCUT2D eigenvalue weighted by Crippen LogP contribution is 2.17. The summed E-state index contributed by atoms with van der Waals surface area (Å²) in [6, 6.07) is -0.0910. The normalized spacial score (nSPS) is 20.5. The first kappa shape index (κ1) is 17.4. The van der Waals surface area contributed by atoms with Gasteiger partial charge in [-0.05, 0) is 52.1 Å². The van der Waals surface area contributed by atoms with Gasteiger partial charge >= 0.3 is 5.97 Å². The number of piperidine rings is 1. The maximum atomic E-state index is 12.3. The van der Waals surface area contributed by atoms with Crippen molar-refractivity contribution in [2.24, 2.45) is 5.92 Å². The average molecular weight is 306 g/mol. The molecule has 1 heterocycles. The molecule has 0 spiro atoms. The number of sulfonamides is 1. The van der Waals surface area contributed by atoms with Crippen molar-refractivity contribution in [1.29, 1.82) is 0 Å². The number of carbonyl (C=O) groups is 1. The second-order valence-electron chi connectivity index (χ2n) is 5.69. The largest absolute Gasteiger partial charge is 0.481 e. The molecule has 0 aromatic carbocycles. The molecule has 0 amide bonds. The monoisotopic (exact) mass is 306 g/mol. The third-order valence-electron chi connectivity index (χ3n) is 3.56. The fourth-order valence-corrected chi connectivity index (χ4v) is 4.33. The number of carboxylic acid groups (broad SMARTS) is 1. The Kier molecular flexibility index (Phi) is 6.91. The van der Waals surface area contributed by atoms with Crippen molar-refractivity contribution in [3.8, 4) is 0 Å². The fraction of sp³-hybridized carbons (Fsp3) is 0.923. The van der Waals surface area contributed by atoms with E-state index in [0.717, 1.165) is 25.9 Å². The Morgan fingerprint density at radius 3 is 2.65 bits per heavy atom. The maximum Gasteiger partial charge on any atom is 0.303 e. The van der Waals surface area contributed by atoms with Crippen molar-refractivity contribution in [1.82, 2.24) is 9.62 Å². The van der Waals surface area contributed by atoms with E-state index in [1.54, 1.807) is 0 Å². The van der Waals surface area contributed by atoms with Gasteiger partial charge in [0.05, 0.1) is 5.75 Å². The second kappa shape index (κ2) is 7.95. The molecule has 20 heavy (non-hydrogen) atoms. The van der Waals surface area contributed by atoms with Crippen LogP contribution in [0.1, 0.15) is 39.5 Å². The number of hydrogen-bond acceptors (Lipinski definition) is 4. The molecule has 1 aliphatic rings. The smallest absolute Gasteiger partial charge is 0.303 e. The van der Waals surface area contributed by atoms with Crippen molar-refractivity contribution in [3.63, 3.8) is 0 Å². The lowest BCUT2D eigenvalue weighted by Gasteiger charge is -2.32. The molecule has 2 N–H and O–H groups in total. The first-order valence-corrected chi connectivity index (χ1v) is 8.86. The van der Waals surface area contributed by atoms with Crippen LogP contribution in [0.3, 0.4) is 0 Å². The van der Waals surface area contributed by atoms with Gasteiger partial charge in [0, 0.05) is 19.0 Å². The molecule has 1 unspecified atom stereocenters.